The lowest BCUT2D eigenvalue weighted by Gasteiger charge is -2.35. The molecule has 37 heavy (non-hydrogen) atoms. The van der Waals surface area contributed by atoms with Crippen LogP contribution in [0.2, 0.25) is 0 Å². The molecule has 3 aromatic carbocycles. The van der Waals surface area contributed by atoms with Crippen LogP contribution in [0.4, 0.5) is 0 Å². The zero-order valence-electron chi connectivity index (χ0n) is 25.5. The molecule has 1 fully saturated rings. The minimum absolute atomic E-state index is 0.188. The second-order valence-electron chi connectivity index (χ2n) is 9.48. The number of likely N-dealkylation sites (tertiary alicyclic amines) is 1. The van der Waals surface area contributed by atoms with Gasteiger partial charge in [0.2, 0.25) is 5.91 Å². The maximum Gasteiger partial charge on any atom is 0.336 e. The van der Waals surface area contributed by atoms with Gasteiger partial charge in [0.05, 0.1) is 17.1 Å². The Bertz CT molecular complexity index is 1630. The summed E-state index contributed by atoms with van der Waals surface area (Å²) in [7, 11) is 0. The number of piperidine rings is 1. The predicted octanol–water partition coefficient (Wildman–Crippen LogP) is 5.39. The number of fused-ring (bicyclic) bond motifs is 1. The maximum atomic E-state index is 13.6. The van der Waals surface area contributed by atoms with Gasteiger partial charge >= 0.3 is 5.69 Å². The first-order valence-corrected chi connectivity index (χ1v) is 12.5. The molecule has 0 aliphatic carbocycles. The number of nitriles is 1. The third-order valence-electron chi connectivity index (χ3n) is 7.54. The van der Waals surface area contributed by atoms with Crippen LogP contribution in [0.1, 0.15) is 61.3 Å². The maximum absolute atomic E-state index is 13.6. The number of hydrogen-bond acceptors (Lipinski definition) is 4. The lowest BCUT2D eigenvalue weighted by molar-refractivity contribution is 0.0907. The molecule has 0 unspecified atom stereocenters. The van der Waals surface area contributed by atoms with Crippen molar-refractivity contribution in [3.8, 4) is 6.07 Å². The molecule has 0 saturated carbocycles. The number of nitrogens with zero attached hydrogens (tertiary/aromatic N) is 4. The number of rotatable bonds is 7. The zero-order chi connectivity index (χ0) is 30.1. The molecule has 2 heterocycles. The first kappa shape index (κ1) is 19.2. The van der Waals surface area contributed by atoms with Crippen LogP contribution in [-0.4, -0.2) is 39.6 Å². The highest BCUT2D eigenvalue weighted by atomic mass is 16.2. The van der Waals surface area contributed by atoms with Gasteiger partial charge in [-0.3, -0.25) is 9.36 Å². The highest BCUT2D eigenvalue weighted by molar-refractivity contribution is 5.90. The number of benzene rings is 3. The summed E-state index contributed by atoms with van der Waals surface area (Å²) in [6.07, 6.45) is -1.44. The van der Waals surface area contributed by atoms with E-state index in [-0.39, 0.29) is 11.6 Å². The molecule has 0 radical (unpaired) electrons. The van der Waals surface area contributed by atoms with E-state index < -0.39 is 30.2 Å². The van der Waals surface area contributed by atoms with Gasteiger partial charge in [-0.1, -0.05) is 79.6 Å². The van der Waals surface area contributed by atoms with Gasteiger partial charge in [-0.15, -0.1) is 0 Å². The first-order chi connectivity index (χ1) is 20.0. The van der Waals surface area contributed by atoms with E-state index >= 15 is 0 Å². The number of carbonyl (C=O) groups excluding carboxylic acids is 1. The van der Waals surface area contributed by atoms with E-state index in [2.05, 4.69) is 11.0 Å². The molecule has 1 aromatic heterocycles. The Kier molecular flexibility index (Phi) is 5.49. The monoisotopic (exact) mass is 497 g/mol. The number of aromatic nitrogens is 2. The average Bonchev–Trinajstić information content (AvgIpc) is 3.29. The molecule has 5 rings (SSSR count). The van der Waals surface area contributed by atoms with Gasteiger partial charge in [0.25, 0.3) is 0 Å². The smallest absolute Gasteiger partial charge is 0.303 e. The molecule has 1 aliphatic heterocycles. The predicted molar refractivity (Wildman–Crippen MR) is 146 cm³/mol. The lowest BCUT2D eigenvalue weighted by Crippen LogP contribution is -2.40. The topological polar surface area (TPSA) is 71.0 Å². The Labute approximate surface area is 224 Å². The van der Waals surface area contributed by atoms with Crippen molar-refractivity contribution in [1.29, 1.82) is 5.26 Å². The van der Waals surface area contributed by atoms with Crippen LogP contribution in [0.5, 0.6) is 0 Å². The van der Waals surface area contributed by atoms with E-state index in [1.807, 2.05) is 60.7 Å². The Morgan fingerprint density at radius 3 is 2.11 bits per heavy atom. The van der Waals surface area contributed by atoms with Gasteiger partial charge in [0, 0.05) is 38.9 Å². The van der Waals surface area contributed by atoms with Crippen molar-refractivity contribution in [3.05, 3.63) is 107 Å². The highest BCUT2D eigenvalue weighted by Gasteiger charge is 2.35. The molecular formula is C31H32N4O2. The second kappa shape index (κ2) is 10.6. The summed E-state index contributed by atoms with van der Waals surface area (Å²) in [5.41, 5.74) is 0.986. The second-order valence-corrected chi connectivity index (χ2v) is 9.48. The zero-order valence-corrected chi connectivity index (χ0v) is 20.5. The summed E-state index contributed by atoms with van der Waals surface area (Å²) < 4.78 is 40.7. The number of para-hydroxylation sites is 2. The van der Waals surface area contributed by atoms with Crippen LogP contribution in [0.25, 0.3) is 11.0 Å². The van der Waals surface area contributed by atoms with Crippen LogP contribution >= 0.6 is 0 Å². The fourth-order valence-corrected chi connectivity index (χ4v) is 5.59. The van der Waals surface area contributed by atoms with E-state index in [0.29, 0.717) is 49.0 Å². The summed E-state index contributed by atoms with van der Waals surface area (Å²) >= 11 is 0. The molecule has 188 valence electrons. The molecule has 0 atom stereocenters. The quantitative estimate of drug-likeness (QED) is 0.343. The molecule has 0 N–H and O–H groups in total. The van der Waals surface area contributed by atoms with Gasteiger partial charge in [-0.2, -0.15) is 5.26 Å². The summed E-state index contributed by atoms with van der Waals surface area (Å²) in [5, 5.41) is 10.5. The van der Waals surface area contributed by atoms with Gasteiger partial charge in [-0.05, 0) is 42.5 Å². The molecule has 0 spiro atoms. The molecule has 1 saturated heterocycles. The van der Waals surface area contributed by atoms with E-state index in [1.165, 1.54) is 10.6 Å². The SMILES string of the molecule is [2H]C([2H])([2H])C([2H])([2H])C(=O)n1c(=O)n(C2CCN(CCC(C#N)(c3ccccc3)c3ccccc3)CC2)c2ccccc21. The van der Waals surface area contributed by atoms with E-state index in [4.69, 9.17) is 6.85 Å². The number of carbonyl (C=O) groups is 1. The van der Waals surface area contributed by atoms with Crippen molar-refractivity contribution >= 4 is 16.9 Å². The fraction of sp³-hybridized carbons (Fsp3) is 0.323. The highest BCUT2D eigenvalue weighted by Crippen LogP contribution is 2.36. The van der Waals surface area contributed by atoms with Crippen molar-refractivity contribution in [3.63, 3.8) is 0 Å². The van der Waals surface area contributed by atoms with Crippen molar-refractivity contribution in [2.45, 2.75) is 43.9 Å². The Morgan fingerprint density at radius 2 is 1.54 bits per heavy atom. The normalized spacial score (nSPS) is 17.8. The first-order valence-electron chi connectivity index (χ1n) is 15.0. The third kappa shape index (κ3) is 4.52. The summed E-state index contributed by atoms with van der Waals surface area (Å²) in [4.78, 5) is 29.0. The molecule has 6 nitrogen and oxygen atoms in total. The van der Waals surface area contributed by atoms with Crippen molar-refractivity contribution in [2.24, 2.45) is 0 Å². The van der Waals surface area contributed by atoms with E-state index in [1.54, 1.807) is 18.2 Å². The molecule has 0 bridgehead atoms. The fourth-order valence-electron chi connectivity index (χ4n) is 5.59. The largest absolute Gasteiger partial charge is 0.336 e. The minimum Gasteiger partial charge on any atom is -0.303 e. The average molecular weight is 498 g/mol. The van der Waals surface area contributed by atoms with Crippen molar-refractivity contribution in [2.75, 3.05) is 19.6 Å². The molecule has 6 heteroatoms. The Balaban J connectivity index is 1.38. The minimum atomic E-state index is -3.23. The summed E-state index contributed by atoms with van der Waals surface area (Å²) in [6.45, 7) is -1.24. The van der Waals surface area contributed by atoms with Gasteiger partial charge in [0.15, 0.2) is 0 Å². The summed E-state index contributed by atoms with van der Waals surface area (Å²) in [5.74, 6) is -1.39. The van der Waals surface area contributed by atoms with Crippen LogP contribution in [-0.2, 0) is 5.41 Å². The van der Waals surface area contributed by atoms with Gasteiger partial charge in [-0.25, -0.2) is 9.36 Å². The van der Waals surface area contributed by atoms with E-state index in [0.717, 1.165) is 11.1 Å². The van der Waals surface area contributed by atoms with Crippen LogP contribution in [0.15, 0.2) is 89.7 Å². The standard InChI is InChI=1S/C31H32N4O2/c1-2-29(36)35-28-16-10-9-15-27(28)34(30(35)37)26-17-20-33(21-18-26)22-19-31(23-32,24-11-5-3-6-12-24)25-13-7-4-8-14-25/h3-16,26H,2,17-22H2,1H3/i1D3,2D2. The molecule has 1 aliphatic rings. The van der Waals surface area contributed by atoms with Crippen molar-refractivity contribution in [1.82, 2.24) is 14.0 Å². The number of imidazole rings is 1. The molecule has 4 aromatic rings. The van der Waals surface area contributed by atoms with Crippen LogP contribution in [0, 0.1) is 11.3 Å². The van der Waals surface area contributed by atoms with Crippen LogP contribution < -0.4 is 5.69 Å². The van der Waals surface area contributed by atoms with E-state index in [9.17, 15) is 14.9 Å². The third-order valence-corrected chi connectivity index (χ3v) is 7.54. The Hall–Kier alpha value is -3.95. The summed E-state index contributed by atoms with van der Waals surface area (Å²) in [6, 6.07) is 28.5. The lowest BCUT2D eigenvalue weighted by atomic mass is 9.73. The van der Waals surface area contributed by atoms with Gasteiger partial charge < -0.3 is 4.90 Å². The van der Waals surface area contributed by atoms with Crippen molar-refractivity contribution < 1.29 is 11.6 Å². The van der Waals surface area contributed by atoms with Gasteiger partial charge in [0.1, 0.15) is 5.41 Å². The molecule has 0 amide bonds. The van der Waals surface area contributed by atoms with Crippen LogP contribution in [0.3, 0.4) is 0 Å². The number of hydrogen-bond donors (Lipinski definition) is 0. The molecular weight excluding hydrogens is 460 g/mol. The Morgan fingerprint density at radius 1 is 0.973 bits per heavy atom.